The molecule has 0 spiro atoms. The van der Waals surface area contributed by atoms with Gasteiger partial charge in [0.25, 0.3) is 11.8 Å². The van der Waals surface area contributed by atoms with E-state index in [-0.39, 0.29) is 76.9 Å². The second-order valence-electron chi connectivity index (χ2n) is 21.3. The summed E-state index contributed by atoms with van der Waals surface area (Å²) in [6, 6.07) is 1.31. The van der Waals surface area contributed by atoms with E-state index < -0.39 is 96.2 Å². The summed E-state index contributed by atoms with van der Waals surface area (Å²) in [5.41, 5.74) is 13.6. The number of aliphatic hydroxyl groups excluding tert-OH is 2. The number of rotatable bonds is 12. The number of phenolic OH excluding ortho intramolecular Hbond substituents is 2. The third-order valence-corrected chi connectivity index (χ3v) is 14.6. The summed E-state index contributed by atoms with van der Waals surface area (Å²) < 4.78 is 33.2. The second-order valence-corrected chi connectivity index (χ2v) is 21.3. The van der Waals surface area contributed by atoms with Gasteiger partial charge in [-0.3, -0.25) is 19.2 Å². The lowest BCUT2D eigenvalue weighted by Crippen LogP contribution is -3.00. The molecular formula is C62H89ClN6O16. The van der Waals surface area contributed by atoms with E-state index in [0.29, 0.717) is 53.8 Å². The zero-order valence-corrected chi connectivity index (χ0v) is 51.6. The second kappa shape index (κ2) is 36.0. The van der Waals surface area contributed by atoms with Crippen LogP contribution in [0.2, 0.25) is 0 Å². The van der Waals surface area contributed by atoms with Gasteiger partial charge >= 0.3 is 12.2 Å². The third kappa shape index (κ3) is 21.7. The normalized spacial score (nSPS) is 30.1. The fraction of sp³-hybridized carbons (Fsp3) is 0.484. The predicted octanol–water partition coefficient (Wildman–Crippen LogP) is 2.48. The Morgan fingerprint density at radius 3 is 1.64 bits per heavy atom. The van der Waals surface area contributed by atoms with Crippen LogP contribution in [0.25, 0.3) is 0 Å². The zero-order chi connectivity index (χ0) is 63.1. The Balaban J connectivity index is 0.000000573. The summed E-state index contributed by atoms with van der Waals surface area (Å²) in [6.45, 7) is 22.2. The van der Waals surface area contributed by atoms with E-state index in [2.05, 4.69) is 29.1 Å². The van der Waals surface area contributed by atoms with E-state index in [0.717, 1.165) is 6.08 Å². The molecule has 23 heteroatoms. The lowest BCUT2D eigenvalue weighted by atomic mass is 9.85. The molecule has 1 aromatic rings. The number of anilines is 1. The molecular weight excluding hydrogens is 1120 g/mol. The number of aromatic hydroxyl groups is 2. The van der Waals surface area contributed by atoms with Crippen LogP contribution < -0.4 is 45.1 Å². The van der Waals surface area contributed by atoms with E-state index in [4.69, 9.17) is 39.9 Å². The number of nitrogens with one attached hydrogen (secondary N) is 3. The van der Waals surface area contributed by atoms with E-state index in [1.165, 1.54) is 46.7 Å². The molecule has 0 unspecified atom stereocenters. The van der Waals surface area contributed by atoms with Crippen molar-refractivity contribution in [2.45, 2.75) is 130 Å². The number of Topliss-reactive ketones (excluding diaryl/α,β-unsaturated/α-hetero) is 1. The Kier molecular flexibility index (Phi) is 31.3. The number of primary amides is 2. The smallest absolute Gasteiger partial charge is 0.405 e. The first kappa shape index (κ1) is 74.0. The maximum Gasteiger partial charge on any atom is 0.405 e. The Bertz CT molecular complexity index is 2800. The highest BCUT2D eigenvalue weighted by Gasteiger charge is 2.35. The molecule has 0 radical (unpaired) electrons. The number of fused-ring (bicyclic) bond motifs is 4. The largest absolute Gasteiger partial charge is 1.00 e. The topological polar surface area (TPSA) is 343 Å². The number of carbonyl (C=O) groups is 6. The van der Waals surface area contributed by atoms with Crippen molar-refractivity contribution < 1.29 is 95.3 Å². The van der Waals surface area contributed by atoms with Crippen molar-refractivity contribution in [1.29, 1.82) is 0 Å². The number of carbonyl (C=O) groups excluding carboxylic acids is 6. The van der Waals surface area contributed by atoms with Gasteiger partial charge in [-0.25, -0.2) is 9.59 Å². The summed E-state index contributed by atoms with van der Waals surface area (Å²) in [5.74, 6) is -3.43. The number of phenols is 2. The fourth-order valence-corrected chi connectivity index (χ4v) is 10.0. The minimum atomic E-state index is -1.00. The zero-order valence-electron chi connectivity index (χ0n) is 50.8. The monoisotopic (exact) mass is 1210 g/mol. The Morgan fingerprint density at radius 2 is 1.20 bits per heavy atom. The minimum Gasteiger partial charge on any atom is -1.00 e. The molecule has 0 saturated carbocycles. The number of methoxy groups -OCH3 is 4. The number of benzene rings is 1. The summed E-state index contributed by atoms with van der Waals surface area (Å²) in [6.07, 6.45) is 10.1. The van der Waals surface area contributed by atoms with Crippen LogP contribution in [-0.4, -0.2) is 146 Å². The van der Waals surface area contributed by atoms with E-state index in [9.17, 15) is 49.2 Å². The molecule has 0 aromatic heterocycles. The van der Waals surface area contributed by atoms with Gasteiger partial charge in [-0.2, -0.15) is 0 Å². The molecule has 470 valence electrons. The van der Waals surface area contributed by atoms with Gasteiger partial charge in [-0.05, 0) is 82.4 Å². The van der Waals surface area contributed by atoms with Gasteiger partial charge in [-0.1, -0.05) is 89.0 Å². The van der Waals surface area contributed by atoms with Crippen molar-refractivity contribution in [3.8, 4) is 11.5 Å². The summed E-state index contributed by atoms with van der Waals surface area (Å²) >= 11 is 0. The van der Waals surface area contributed by atoms with Crippen molar-refractivity contribution in [2.24, 2.45) is 35.1 Å². The van der Waals surface area contributed by atoms with Gasteiger partial charge in [0.2, 0.25) is 11.6 Å². The number of aliphatic hydroxyl groups is 2. The van der Waals surface area contributed by atoms with Crippen LogP contribution in [0.4, 0.5) is 21.0 Å². The first-order valence-corrected chi connectivity index (χ1v) is 27.7. The van der Waals surface area contributed by atoms with Crippen LogP contribution in [-0.2, 0) is 54.0 Å². The standard InChI is InChI=1S/C31H45N3O8.C31H43N3O8.ClH/c2*1-8-12-33-26-21-13-17(2)14-25(41-7)27(36)19(4)15-20(5)29(42-31(32)39)24(40-6)11-9-10-18(3)30(38)34-22(28(21)37)16-23(26)35;/h8-11,15-17,19,24-25,27,29,33,35-37H,1,12-14H2,2-7H3,(H2,32,39)(H,34,38);8-11,15-17,19,24-25,27,29,33,36H,1,12-14H2,2-7H3,(H2,32,39)(H,34,38);1H/b2*11-9-,18-10+,20-15+;/t2*17-,19+,24+,25+,27-,29+;/m11./s1. The predicted molar refractivity (Wildman–Crippen MR) is 318 cm³/mol. The first-order valence-electron chi connectivity index (χ1n) is 27.7. The molecule has 12 atom stereocenters. The molecule has 4 bridgehead atoms. The number of quaternary nitrogens is 1. The average Bonchev–Trinajstić information content (AvgIpc) is 3.64. The van der Waals surface area contributed by atoms with Crippen LogP contribution >= 0.6 is 0 Å². The van der Waals surface area contributed by atoms with Gasteiger partial charge < -0.3 is 94.0 Å². The van der Waals surface area contributed by atoms with Crippen molar-refractivity contribution in [1.82, 2.24) is 10.6 Å². The van der Waals surface area contributed by atoms with Crippen LogP contribution in [0.1, 0.15) is 80.2 Å². The molecule has 0 fully saturated rings. The van der Waals surface area contributed by atoms with Crippen LogP contribution in [0.15, 0.2) is 125 Å². The molecule has 85 heavy (non-hydrogen) atoms. The van der Waals surface area contributed by atoms with Crippen LogP contribution in [0, 0.1) is 23.7 Å². The number of hydrogen-bond acceptors (Lipinski definition) is 17. The molecule has 4 amide bonds. The highest BCUT2D eigenvalue weighted by molar-refractivity contribution is 6.23. The molecule has 0 saturated heterocycles. The third-order valence-electron chi connectivity index (χ3n) is 14.6. The van der Waals surface area contributed by atoms with Gasteiger partial charge in [0.15, 0.2) is 23.6 Å². The van der Waals surface area contributed by atoms with Gasteiger partial charge in [0, 0.05) is 75.7 Å². The number of amides is 4. The summed E-state index contributed by atoms with van der Waals surface area (Å²) in [5, 5.41) is 54.6. The lowest BCUT2D eigenvalue weighted by Gasteiger charge is -2.30. The fourth-order valence-electron chi connectivity index (χ4n) is 10.0. The van der Waals surface area contributed by atoms with Crippen molar-refractivity contribution in [2.75, 3.05) is 46.8 Å². The van der Waals surface area contributed by atoms with Gasteiger partial charge in [0.05, 0.1) is 53.6 Å². The van der Waals surface area contributed by atoms with E-state index >= 15 is 0 Å². The first-order chi connectivity index (χ1) is 39.7. The molecule has 3 aliphatic rings. The number of allylic oxidation sites excluding steroid dienone is 6. The molecule has 2 heterocycles. The van der Waals surface area contributed by atoms with Crippen molar-refractivity contribution in [3.05, 3.63) is 131 Å². The maximum atomic E-state index is 13.5. The number of nitrogens with two attached hydrogens (primary N) is 3. The number of ether oxygens (including phenoxy) is 6. The molecule has 13 N–H and O–H groups in total. The van der Waals surface area contributed by atoms with Crippen LogP contribution in [0.5, 0.6) is 11.5 Å². The molecule has 2 aliphatic heterocycles. The van der Waals surface area contributed by atoms with E-state index in [1.807, 2.05) is 20.8 Å². The quantitative estimate of drug-likeness (QED) is 0.0472. The summed E-state index contributed by atoms with van der Waals surface area (Å²) in [4.78, 5) is 76.0. The average molecular weight is 1210 g/mol. The lowest BCUT2D eigenvalue weighted by molar-refractivity contribution is -0.562. The minimum absolute atomic E-state index is 0. The molecule has 22 nitrogen and oxygen atoms in total. The van der Waals surface area contributed by atoms with Gasteiger partial charge in [-0.15, -0.1) is 6.58 Å². The number of hydrogen-bond donors (Lipinski definition) is 10. The molecule has 1 aliphatic carbocycles. The van der Waals surface area contributed by atoms with Gasteiger partial charge in [0.1, 0.15) is 18.0 Å². The van der Waals surface area contributed by atoms with Crippen LogP contribution in [0.3, 0.4) is 0 Å². The number of ketones is 2. The summed E-state index contributed by atoms with van der Waals surface area (Å²) in [7, 11) is 5.88. The Morgan fingerprint density at radius 1 is 0.729 bits per heavy atom. The Labute approximate surface area is 505 Å². The Hall–Kier alpha value is -7.15. The number of halogens is 1. The highest BCUT2D eigenvalue weighted by atomic mass is 35.5. The highest BCUT2D eigenvalue weighted by Crippen LogP contribution is 2.41. The SMILES string of the molecule is C=CCNC1=C2C[C@@H](C)C[C@H](OC)[C@H](O)[C@@H](C)/C=C(\C)[C@H](OC(N)=O)[C@@H](OC)/C=C\C=C(/C)C(=O)NC(=CC1=O)C2=O.C=CC[NH2+]c1c(O)cc2c(O)c1C[C@@H](C)C[C@H](OC)[C@H](O)[C@@H](C)/C=C(\C)[C@H](OC(N)=O)[C@@H](OC)/C=C\C=C(/C)C(=O)N2.[Cl-]. The van der Waals surface area contributed by atoms with Crippen molar-refractivity contribution >= 4 is 46.9 Å². The maximum absolute atomic E-state index is 13.5. The van der Waals surface area contributed by atoms with Crippen molar-refractivity contribution in [3.63, 3.8) is 0 Å². The molecule has 4 rings (SSSR count). The van der Waals surface area contributed by atoms with E-state index in [1.54, 1.807) is 88.5 Å². The molecule has 1 aromatic carbocycles.